The van der Waals surface area contributed by atoms with Gasteiger partial charge in [-0.1, -0.05) is 45.4 Å². The van der Waals surface area contributed by atoms with E-state index in [1.165, 1.54) is 43.1 Å². The summed E-state index contributed by atoms with van der Waals surface area (Å²) in [5.74, 6) is 1.22. The molecule has 1 aromatic rings. The molecular formula is C16H26N2O2S. The van der Waals surface area contributed by atoms with Crippen LogP contribution in [-0.4, -0.2) is 26.4 Å². The van der Waals surface area contributed by atoms with Crippen LogP contribution in [0.15, 0.2) is 11.4 Å². The summed E-state index contributed by atoms with van der Waals surface area (Å²) in [5, 5.41) is 9.74. The van der Waals surface area contributed by atoms with Crippen LogP contribution in [0, 0.1) is 11.8 Å². The third kappa shape index (κ3) is 4.50. The van der Waals surface area contributed by atoms with Crippen LogP contribution < -0.4 is 0 Å². The molecule has 0 aliphatic heterocycles. The van der Waals surface area contributed by atoms with Crippen molar-refractivity contribution in [1.29, 1.82) is 0 Å². The first-order valence-electron chi connectivity index (χ1n) is 7.87. The van der Waals surface area contributed by atoms with Crippen LogP contribution in [0.25, 0.3) is 0 Å². The average Bonchev–Trinajstić information content (AvgIpc) is 2.79. The van der Waals surface area contributed by atoms with Crippen molar-refractivity contribution >= 4 is 17.7 Å². The number of aliphatic carboxylic acids is 1. The topological polar surface area (TPSA) is 55.1 Å². The molecule has 1 aliphatic carbocycles. The summed E-state index contributed by atoms with van der Waals surface area (Å²) < 4.78 is 2.26. The number of nitrogens with zero attached hydrogens (tertiary/aromatic N) is 2. The first-order chi connectivity index (χ1) is 9.97. The molecule has 1 N–H and O–H groups in total. The molecule has 2 atom stereocenters. The molecule has 1 aliphatic rings. The van der Waals surface area contributed by atoms with E-state index in [2.05, 4.69) is 30.3 Å². The molecule has 2 unspecified atom stereocenters. The van der Waals surface area contributed by atoms with Gasteiger partial charge in [-0.15, -0.1) is 0 Å². The maximum absolute atomic E-state index is 10.8. The maximum Gasteiger partial charge on any atom is 0.313 e. The highest BCUT2D eigenvalue weighted by molar-refractivity contribution is 7.99. The van der Waals surface area contributed by atoms with E-state index in [0.717, 1.165) is 17.6 Å². The van der Waals surface area contributed by atoms with E-state index in [9.17, 15) is 4.79 Å². The Bertz CT molecular complexity index is 485. The van der Waals surface area contributed by atoms with Crippen LogP contribution >= 0.6 is 11.8 Å². The zero-order chi connectivity index (χ0) is 15.4. The maximum atomic E-state index is 10.8. The molecule has 0 amide bonds. The van der Waals surface area contributed by atoms with Gasteiger partial charge in [-0.25, -0.2) is 4.98 Å². The number of carboxylic acids is 1. The SMILES string of the molecule is CC1CCCC(Cn2c(C(C)C)cnc2SCC(=O)O)C1. The highest BCUT2D eigenvalue weighted by Crippen LogP contribution is 2.32. The van der Waals surface area contributed by atoms with Gasteiger partial charge in [0.1, 0.15) is 0 Å². The predicted octanol–water partition coefficient (Wildman–Crippen LogP) is 4.01. The quantitative estimate of drug-likeness (QED) is 0.807. The van der Waals surface area contributed by atoms with Crippen LogP contribution in [0.5, 0.6) is 0 Å². The summed E-state index contributed by atoms with van der Waals surface area (Å²) in [7, 11) is 0. The Hall–Kier alpha value is -0.970. The lowest BCUT2D eigenvalue weighted by Crippen LogP contribution is -2.20. The lowest BCUT2D eigenvalue weighted by Gasteiger charge is -2.28. The van der Waals surface area contributed by atoms with Crippen molar-refractivity contribution in [2.75, 3.05) is 5.75 Å². The summed E-state index contributed by atoms with van der Waals surface area (Å²) in [6, 6.07) is 0. The van der Waals surface area contributed by atoms with Gasteiger partial charge in [0.2, 0.25) is 0 Å². The minimum absolute atomic E-state index is 0.0790. The molecule has 0 bridgehead atoms. The Balaban J connectivity index is 2.13. The molecule has 1 aromatic heterocycles. The van der Waals surface area contributed by atoms with Crippen LogP contribution in [0.2, 0.25) is 0 Å². The fraction of sp³-hybridized carbons (Fsp3) is 0.750. The highest BCUT2D eigenvalue weighted by Gasteiger charge is 2.22. The normalized spacial score (nSPS) is 22.7. The molecule has 1 fully saturated rings. The zero-order valence-corrected chi connectivity index (χ0v) is 14.0. The minimum atomic E-state index is -0.785. The smallest absolute Gasteiger partial charge is 0.313 e. The average molecular weight is 310 g/mol. The second kappa shape index (κ2) is 7.34. The van der Waals surface area contributed by atoms with Crippen LogP contribution in [0.3, 0.4) is 0 Å². The molecule has 118 valence electrons. The number of hydrogen-bond donors (Lipinski definition) is 1. The van der Waals surface area contributed by atoms with E-state index in [4.69, 9.17) is 5.11 Å². The largest absolute Gasteiger partial charge is 0.481 e. The van der Waals surface area contributed by atoms with E-state index >= 15 is 0 Å². The summed E-state index contributed by atoms with van der Waals surface area (Å²) >= 11 is 1.34. The van der Waals surface area contributed by atoms with Gasteiger partial charge in [-0.05, 0) is 30.6 Å². The number of thioether (sulfide) groups is 1. The molecule has 0 aromatic carbocycles. The Labute approximate surface area is 131 Å². The van der Waals surface area contributed by atoms with Gasteiger partial charge in [0, 0.05) is 18.4 Å². The molecule has 1 saturated carbocycles. The van der Waals surface area contributed by atoms with Crippen molar-refractivity contribution in [3.05, 3.63) is 11.9 Å². The van der Waals surface area contributed by atoms with Gasteiger partial charge in [-0.2, -0.15) is 0 Å². The molecule has 5 heteroatoms. The monoisotopic (exact) mass is 310 g/mol. The van der Waals surface area contributed by atoms with Crippen molar-refractivity contribution in [2.45, 2.75) is 64.1 Å². The van der Waals surface area contributed by atoms with Crippen molar-refractivity contribution in [3.8, 4) is 0 Å². The number of rotatable bonds is 6. The summed E-state index contributed by atoms with van der Waals surface area (Å²) in [4.78, 5) is 15.3. The predicted molar refractivity (Wildman–Crippen MR) is 85.8 cm³/mol. The standard InChI is InChI=1S/C16H26N2O2S/c1-11(2)14-8-17-16(21-10-15(19)20)18(14)9-13-6-4-5-12(3)7-13/h8,11-13H,4-7,9-10H2,1-3H3,(H,19,20). The number of aromatic nitrogens is 2. The number of carboxylic acid groups (broad SMARTS) is 1. The number of imidazole rings is 1. The third-order valence-electron chi connectivity index (χ3n) is 4.25. The van der Waals surface area contributed by atoms with Gasteiger partial charge >= 0.3 is 5.97 Å². The Morgan fingerprint density at radius 2 is 2.29 bits per heavy atom. The summed E-state index contributed by atoms with van der Waals surface area (Å²) in [6.45, 7) is 7.66. The Morgan fingerprint density at radius 3 is 2.90 bits per heavy atom. The van der Waals surface area contributed by atoms with Crippen molar-refractivity contribution < 1.29 is 9.90 Å². The number of carbonyl (C=O) groups is 1. The van der Waals surface area contributed by atoms with E-state index in [1.54, 1.807) is 0 Å². The van der Waals surface area contributed by atoms with E-state index in [0.29, 0.717) is 11.8 Å². The molecule has 0 saturated heterocycles. The summed E-state index contributed by atoms with van der Waals surface area (Å²) in [5.41, 5.74) is 1.22. The molecule has 21 heavy (non-hydrogen) atoms. The highest BCUT2D eigenvalue weighted by atomic mass is 32.2. The second-order valence-corrected chi connectivity index (χ2v) is 7.49. The van der Waals surface area contributed by atoms with E-state index < -0.39 is 5.97 Å². The lowest BCUT2D eigenvalue weighted by atomic mass is 9.82. The molecular weight excluding hydrogens is 284 g/mol. The second-order valence-electron chi connectivity index (χ2n) is 6.55. The summed E-state index contributed by atoms with van der Waals surface area (Å²) in [6.07, 6.45) is 7.14. The molecule has 4 nitrogen and oxygen atoms in total. The first-order valence-corrected chi connectivity index (χ1v) is 8.86. The van der Waals surface area contributed by atoms with Crippen molar-refractivity contribution in [1.82, 2.24) is 9.55 Å². The molecule has 2 rings (SSSR count). The molecule has 0 spiro atoms. The number of hydrogen-bond acceptors (Lipinski definition) is 3. The van der Waals surface area contributed by atoms with Gasteiger partial charge in [0.05, 0.1) is 5.75 Å². The molecule has 1 heterocycles. The third-order valence-corrected chi connectivity index (χ3v) is 5.23. The fourth-order valence-corrected chi connectivity index (χ4v) is 3.96. The Morgan fingerprint density at radius 1 is 1.52 bits per heavy atom. The van der Waals surface area contributed by atoms with E-state index in [-0.39, 0.29) is 5.75 Å². The van der Waals surface area contributed by atoms with Crippen LogP contribution in [0.4, 0.5) is 0 Å². The van der Waals surface area contributed by atoms with Gasteiger partial charge < -0.3 is 9.67 Å². The fourth-order valence-electron chi connectivity index (χ4n) is 3.24. The minimum Gasteiger partial charge on any atom is -0.481 e. The Kier molecular flexibility index (Phi) is 5.73. The van der Waals surface area contributed by atoms with Crippen LogP contribution in [0.1, 0.15) is 58.1 Å². The van der Waals surface area contributed by atoms with Gasteiger partial charge in [-0.3, -0.25) is 4.79 Å². The first kappa shape index (κ1) is 16.4. The molecule has 0 radical (unpaired) electrons. The van der Waals surface area contributed by atoms with Crippen LogP contribution in [-0.2, 0) is 11.3 Å². The van der Waals surface area contributed by atoms with Gasteiger partial charge in [0.15, 0.2) is 5.16 Å². The zero-order valence-electron chi connectivity index (χ0n) is 13.2. The van der Waals surface area contributed by atoms with Gasteiger partial charge in [0.25, 0.3) is 0 Å². The lowest BCUT2D eigenvalue weighted by molar-refractivity contribution is -0.133. The van der Waals surface area contributed by atoms with Crippen molar-refractivity contribution in [3.63, 3.8) is 0 Å². The van der Waals surface area contributed by atoms with Crippen molar-refractivity contribution in [2.24, 2.45) is 11.8 Å². The van der Waals surface area contributed by atoms with E-state index in [1.807, 2.05) is 6.20 Å².